The second kappa shape index (κ2) is 6.40. The van der Waals surface area contributed by atoms with Crippen molar-refractivity contribution < 1.29 is 14.7 Å². The number of carbonyl (C=O) groups excluding carboxylic acids is 1. The Morgan fingerprint density at radius 3 is 2.16 bits per heavy atom. The Morgan fingerprint density at radius 1 is 1.11 bits per heavy atom. The first kappa shape index (κ1) is 14.4. The Labute approximate surface area is 115 Å². The van der Waals surface area contributed by atoms with Crippen molar-refractivity contribution >= 4 is 11.9 Å². The lowest BCUT2D eigenvalue weighted by molar-refractivity contribution is -0.144. The molecule has 0 bridgehead atoms. The Hall–Kier alpha value is -1.06. The molecule has 0 saturated heterocycles. The van der Waals surface area contributed by atoms with E-state index in [0.29, 0.717) is 12.6 Å². The molecule has 0 heterocycles. The minimum Gasteiger partial charge on any atom is -0.481 e. The molecule has 0 aromatic heterocycles. The van der Waals surface area contributed by atoms with E-state index in [-0.39, 0.29) is 11.8 Å². The summed E-state index contributed by atoms with van der Waals surface area (Å²) in [5.41, 5.74) is 0. The normalized spacial score (nSPS) is 22.6. The van der Waals surface area contributed by atoms with E-state index in [2.05, 4.69) is 0 Å². The van der Waals surface area contributed by atoms with Crippen LogP contribution in [0.4, 0.5) is 0 Å². The molecule has 108 valence electrons. The van der Waals surface area contributed by atoms with Gasteiger partial charge in [0.15, 0.2) is 0 Å². The van der Waals surface area contributed by atoms with Gasteiger partial charge in [-0.1, -0.05) is 32.6 Å². The predicted molar refractivity (Wildman–Crippen MR) is 72.7 cm³/mol. The quantitative estimate of drug-likeness (QED) is 0.779. The van der Waals surface area contributed by atoms with E-state index in [1.807, 2.05) is 4.90 Å². The van der Waals surface area contributed by atoms with Gasteiger partial charge in [0.2, 0.25) is 5.91 Å². The van der Waals surface area contributed by atoms with Crippen molar-refractivity contribution in [2.24, 2.45) is 11.8 Å². The Balaban J connectivity index is 1.97. The highest BCUT2D eigenvalue weighted by molar-refractivity contribution is 5.80. The smallest absolute Gasteiger partial charge is 0.308 e. The van der Waals surface area contributed by atoms with Gasteiger partial charge in [-0.3, -0.25) is 9.59 Å². The zero-order chi connectivity index (χ0) is 13.8. The van der Waals surface area contributed by atoms with Gasteiger partial charge in [0.05, 0.1) is 5.92 Å². The molecule has 0 aromatic carbocycles. The van der Waals surface area contributed by atoms with Gasteiger partial charge in [-0.2, -0.15) is 0 Å². The molecule has 0 aliphatic heterocycles. The molecule has 2 aliphatic rings. The van der Waals surface area contributed by atoms with Crippen LogP contribution < -0.4 is 0 Å². The standard InChI is InChI=1S/C15H25NO3/c1-11(15(18)19)10-16(13-8-9-13)14(17)12-6-4-2-3-5-7-12/h11-13H,2-10H2,1H3,(H,18,19). The van der Waals surface area contributed by atoms with Crippen molar-refractivity contribution in [1.29, 1.82) is 0 Å². The van der Waals surface area contributed by atoms with Gasteiger partial charge < -0.3 is 10.0 Å². The monoisotopic (exact) mass is 267 g/mol. The largest absolute Gasteiger partial charge is 0.481 e. The molecule has 1 unspecified atom stereocenters. The predicted octanol–water partition coefficient (Wildman–Crippen LogP) is 2.67. The van der Waals surface area contributed by atoms with Gasteiger partial charge in [-0.25, -0.2) is 0 Å². The molecule has 0 spiro atoms. The lowest BCUT2D eigenvalue weighted by Gasteiger charge is -2.28. The van der Waals surface area contributed by atoms with Gasteiger partial charge in [-0.05, 0) is 25.7 Å². The van der Waals surface area contributed by atoms with Gasteiger partial charge in [0.25, 0.3) is 0 Å². The van der Waals surface area contributed by atoms with Crippen molar-refractivity contribution in [3.63, 3.8) is 0 Å². The molecule has 2 fully saturated rings. The first-order chi connectivity index (χ1) is 9.09. The van der Waals surface area contributed by atoms with Crippen LogP contribution >= 0.6 is 0 Å². The van der Waals surface area contributed by atoms with E-state index < -0.39 is 11.9 Å². The van der Waals surface area contributed by atoms with Crippen LogP contribution in [-0.2, 0) is 9.59 Å². The molecule has 2 rings (SSSR count). The van der Waals surface area contributed by atoms with Gasteiger partial charge >= 0.3 is 5.97 Å². The summed E-state index contributed by atoms with van der Waals surface area (Å²) in [6.45, 7) is 2.08. The summed E-state index contributed by atoms with van der Waals surface area (Å²) in [4.78, 5) is 25.5. The summed E-state index contributed by atoms with van der Waals surface area (Å²) in [6, 6.07) is 0.317. The molecule has 0 aromatic rings. The summed E-state index contributed by atoms with van der Waals surface area (Å²) in [7, 11) is 0. The van der Waals surface area contributed by atoms with E-state index in [9.17, 15) is 9.59 Å². The summed E-state index contributed by atoms with van der Waals surface area (Å²) < 4.78 is 0. The summed E-state index contributed by atoms with van der Waals surface area (Å²) in [5, 5.41) is 9.03. The van der Waals surface area contributed by atoms with E-state index in [0.717, 1.165) is 38.5 Å². The Morgan fingerprint density at radius 2 is 1.68 bits per heavy atom. The number of hydrogen-bond donors (Lipinski definition) is 1. The average molecular weight is 267 g/mol. The van der Waals surface area contributed by atoms with Crippen molar-refractivity contribution in [2.75, 3.05) is 6.54 Å². The number of carbonyl (C=O) groups is 2. The Kier molecular flexibility index (Phi) is 4.83. The fraction of sp³-hybridized carbons (Fsp3) is 0.867. The maximum absolute atomic E-state index is 12.6. The van der Waals surface area contributed by atoms with Gasteiger partial charge in [0, 0.05) is 18.5 Å². The lowest BCUT2D eigenvalue weighted by atomic mass is 9.98. The van der Waals surface area contributed by atoms with Crippen LogP contribution in [0.5, 0.6) is 0 Å². The van der Waals surface area contributed by atoms with E-state index in [4.69, 9.17) is 5.11 Å². The minimum absolute atomic E-state index is 0.143. The third-order valence-electron chi connectivity index (χ3n) is 4.37. The van der Waals surface area contributed by atoms with Crippen LogP contribution in [0.15, 0.2) is 0 Å². The molecule has 0 radical (unpaired) electrons. The third kappa shape index (κ3) is 3.95. The second-order valence-corrected chi connectivity index (χ2v) is 6.15. The molecule has 2 saturated carbocycles. The summed E-state index contributed by atoms with van der Waals surface area (Å²) in [5.74, 6) is -0.906. The van der Waals surface area contributed by atoms with E-state index in [1.54, 1.807) is 6.92 Å². The fourth-order valence-corrected chi connectivity index (χ4v) is 2.94. The molecule has 1 amide bonds. The van der Waals surface area contributed by atoms with Crippen LogP contribution in [0.1, 0.15) is 58.3 Å². The molecule has 1 N–H and O–H groups in total. The zero-order valence-electron chi connectivity index (χ0n) is 11.8. The second-order valence-electron chi connectivity index (χ2n) is 6.15. The number of rotatable bonds is 5. The number of amides is 1. The number of hydrogen-bond acceptors (Lipinski definition) is 2. The number of carboxylic acid groups (broad SMARTS) is 1. The topological polar surface area (TPSA) is 57.6 Å². The maximum Gasteiger partial charge on any atom is 0.308 e. The van der Waals surface area contributed by atoms with E-state index >= 15 is 0 Å². The van der Waals surface area contributed by atoms with Crippen molar-refractivity contribution in [1.82, 2.24) is 4.90 Å². The molecular formula is C15H25NO3. The summed E-state index contributed by atoms with van der Waals surface area (Å²) in [6.07, 6.45) is 8.83. The number of nitrogens with zero attached hydrogens (tertiary/aromatic N) is 1. The molecular weight excluding hydrogens is 242 g/mol. The first-order valence-electron chi connectivity index (χ1n) is 7.63. The summed E-state index contributed by atoms with van der Waals surface area (Å²) >= 11 is 0. The Bertz CT molecular complexity index is 330. The third-order valence-corrected chi connectivity index (χ3v) is 4.37. The molecule has 4 heteroatoms. The molecule has 4 nitrogen and oxygen atoms in total. The zero-order valence-corrected chi connectivity index (χ0v) is 11.8. The van der Waals surface area contributed by atoms with Crippen LogP contribution in [0.25, 0.3) is 0 Å². The lowest BCUT2D eigenvalue weighted by Crippen LogP contribution is -2.41. The molecule has 19 heavy (non-hydrogen) atoms. The highest BCUT2D eigenvalue weighted by Gasteiger charge is 2.37. The van der Waals surface area contributed by atoms with Crippen LogP contribution in [0.3, 0.4) is 0 Å². The van der Waals surface area contributed by atoms with Crippen molar-refractivity contribution in [3.05, 3.63) is 0 Å². The van der Waals surface area contributed by atoms with Gasteiger partial charge in [0.1, 0.15) is 0 Å². The first-order valence-corrected chi connectivity index (χ1v) is 7.63. The minimum atomic E-state index is -0.806. The van der Waals surface area contributed by atoms with Gasteiger partial charge in [-0.15, -0.1) is 0 Å². The SMILES string of the molecule is CC(CN(C(=O)C1CCCCCC1)C1CC1)C(=O)O. The maximum atomic E-state index is 12.6. The van der Waals surface area contributed by atoms with Crippen molar-refractivity contribution in [2.45, 2.75) is 64.3 Å². The fourth-order valence-electron chi connectivity index (χ4n) is 2.94. The average Bonchev–Trinajstić information content (AvgIpc) is 3.20. The number of carboxylic acids is 1. The van der Waals surface area contributed by atoms with Crippen LogP contribution in [0.2, 0.25) is 0 Å². The molecule has 2 aliphatic carbocycles. The highest BCUT2D eigenvalue weighted by Crippen LogP contribution is 2.32. The van der Waals surface area contributed by atoms with Crippen LogP contribution in [0, 0.1) is 11.8 Å². The van der Waals surface area contributed by atoms with Crippen molar-refractivity contribution in [3.8, 4) is 0 Å². The van der Waals surface area contributed by atoms with Crippen LogP contribution in [-0.4, -0.2) is 34.5 Å². The molecule has 1 atom stereocenters. The number of aliphatic carboxylic acids is 1. The highest BCUT2D eigenvalue weighted by atomic mass is 16.4. The van der Waals surface area contributed by atoms with E-state index in [1.165, 1.54) is 12.8 Å².